The van der Waals surface area contributed by atoms with Gasteiger partial charge in [-0.2, -0.15) is 0 Å². The van der Waals surface area contributed by atoms with Gasteiger partial charge in [-0.3, -0.25) is 0 Å². The molecule has 3 rings (SSSR count). The lowest BCUT2D eigenvalue weighted by Crippen LogP contribution is -2.08. The number of tetrazole rings is 1. The number of aromatic nitrogens is 5. The first kappa shape index (κ1) is 12.4. The van der Waals surface area contributed by atoms with Crippen LogP contribution in [-0.2, 0) is 5.75 Å². The Hall–Kier alpha value is -0.660. The van der Waals surface area contributed by atoms with Gasteiger partial charge in [-0.1, -0.05) is 36.2 Å². The zero-order valence-electron chi connectivity index (χ0n) is 9.62. The van der Waals surface area contributed by atoms with Crippen LogP contribution in [0.5, 0.6) is 0 Å². The Labute approximate surface area is 118 Å². The first-order chi connectivity index (χ1) is 8.83. The van der Waals surface area contributed by atoms with Gasteiger partial charge in [0.15, 0.2) is 4.47 Å². The Kier molecular flexibility index (Phi) is 3.81. The Bertz CT molecular complexity index is 520. The van der Waals surface area contributed by atoms with E-state index in [2.05, 4.69) is 20.5 Å². The number of nitrogens with zero attached hydrogens (tertiary/aromatic N) is 5. The molecule has 1 fully saturated rings. The molecule has 1 aliphatic carbocycles. The van der Waals surface area contributed by atoms with Crippen LogP contribution < -0.4 is 0 Å². The lowest BCUT2D eigenvalue weighted by Gasteiger charge is -2.10. The van der Waals surface area contributed by atoms with Gasteiger partial charge in [-0.15, -0.1) is 16.4 Å². The molecule has 8 heteroatoms. The van der Waals surface area contributed by atoms with E-state index in [1.807, 2.05) is 10.9 Å². The third-order valence-corrected chi connectivity index (χ3v) is 5.28. The molecule has 96 valence electrons. The average molecular weight is 302 g/mol. The lowest BCUT2D eigenvalue weighted by atomic mass is 10.3. The van der Waals surface area contributed by atoms with E-state index in [9.17, 15) is 0 Å². The van der Waals surface area contributed by atoms with E-state index in [0.29, 0.717) is 10.5 Å². The molecule has 0 atom stereocenters. The van der Waals surface area contributed by atoms with Crippen molar-refractivity contribution >= 4 is 34.7 Å². The third-order valence-electron chi connectivity index (χ3n) is 3.00. The van der Waals surface area contributed by atoms with Crippen LogP contribution in [0.2, 0.25) is 4.47 Å². The minimum Gasteiger partial charge on any atom is -0.233 e. The predicted octanol–water partition coefficient (Wildman–Crippen LogP) is 3.19. The zero-order valence-corrected chi connectivity index (χ0v) is 12.0. The normalized spacial score (nSPS) is 16.5. The molecule has 0 saturated heterocycles. The second kappa shape index (κ2) is 5.54. The van der Waals surface area contributed by atoms with Crippen LogP contribution in [0.3, 0.4) is 0 Å². The van der Waals surface area contributed by atoms with Crippen molar-refractivity contribution in [1.29, 1.82) is 0 Å². The molecule has 2 heterocycles. The molecular formula is C10H12ClN5S2. The standard InChI is InChI=1S/C10H12ClN5S2/c11-9-12-5-8(18-9)6-17-10-13-14-15-16(10)7-3-1-2-4-7/h5,7H,1-4,6H2. The van der Waals surface area contributed by atoms with Crippen LogP contribution in [0.1, 0.15) is 36.6 Å². The minimum absolute atomic E-state index is 0.479. The SMILES string of the molecule is Clc1ncc(CSc2nnnn2C2CCCC2)s1. The summed E-state index contributed by atoms with van der Waals surface area (Å²) < 4.78 is 2.56. The first-order valence-corrected chi connectivity index (χ1v) is 8.02. The van der Waals surface area contributed by atoms with Crippen LogP contribution >= 0.6 is 34.7 Å². The number of thioether (sulfide) groups is 1. The van der Waals surface area contributed by atoms with Crippen molar-refractivity contribution in [3.05, 3.63) is 15.5 Å². The van der Waals surface area contributed by atoms with Gasteiger partial charge < -0.3 is 0 Å². The molecule has 0 spiro atoms. The van der Waals surface area contributed by atoms with E-state index >= 15 is 0 Å². The predicted molar refractivity (Wildman–Crippen MR) is 72.0 cm³/mol. The molecule has 0 aliphatic heterocycles. The van der Waals surface area contributed by atoms with Gasteiger partial charge in [0, 0.05) is 16.8 Å². The number of halogens is 1. The molecule has 2 aromatic heterocycles. The van der Waals surface area contributed by atoms with Gasteiger partial charge in [-0.25, -0.2) is 9.67 Å². The maximum absolute atomic E-state index is 5.81. The van der Waals surface area contributed by atoms with E-state index < -0.39 is 0 Å². The van der Waals surface area contributed by atoms with Crippen molar-refractivity contribution in [3.63, 3.8) is 0 Å². The average Bonchev–Trinajstić information content (AvgIpc) is 3.07. The Morgan fingerprint density at radius 1 is 1.44 bits per heavy atom. The quantitative estimate of drug-likeness (QED) is 0.812. The largest absolute Gasteiger partial charge is 0.233 e. The summed E-state index contributed by atoms with van der Waals surface area (Å²) in [6.07, 6.45) is 6.73. The number of hydrogen-bond acceptors (Lipinski definition) is 6. The highest BCUT2D eigenvalue weighted by atomic mass is 35.5. The molecule has 18 heavy (non-hydrogen) atoms. The monoisotopic (exact) mass is 301 g/mol. The minimum atomic E-state index is 0.479. The van der Waals surface area contributed by atoms with Crippen LogP contribution in [0.4, 0.5) is 0 Å². The molecule has 5 nitrogen and oxygen atoms in total. The highest BCUT2D eigenvalue weighted by Crippen LogP contribution is 2.33. The maximum Gasteiger partial charge on any atom is 0.209 e. The number of hydrogen-bond donors (Lipinski definition) is 0. The van der Waals surface area contributed by atoms with Crippen molar-refractivity contribution < 1.29 is 0 Å². The fourth-order valence-corrected chi connectivity index (χ4v) is 4.09. The fourth-order valence-electron chi connectivity index (χ4n) is 2.14. The first-order valence-electron chi connectivity index (χ1n) is 5.84. The summed E-state index contributed by atoms with van der Waals surface area (Å²) in [6.45, 7) is 0. The number of thiazole rings is 1. The second-order valence-corrected chi connectivity index (χ2v) is 6.85. The molecule has 0 amide bonds. The van der Waals surface area contributed by atoms with Crippen molar-refractivity contribution in [1.82, 2.24) is 25.2 Å². The van der Waals surface area contributed by atoms with Crippen LogP contribution in [0.25, 0.3) is 0 Å². The highest BCUT2D eigenvalue weighted by molar-refractivity contribution is 7.98. The summed E-state index contributed by atoms with van der Waals surface area (Å²) in [6, 6.07) is 0.479. The van der Waals surface area contributed by atoms with E-state index in [4.69, 9.17) is 11.6 Å². The van der Waals surface area contributed by atoms with Crippen molar-refractivity contribution in [2.75, 3.05) is 0 Å². The van der Waals surface area contributed by atoms with Crippen molar-refractivity contribution in [2.45, 2.75) is 42.6 Å². The Morgan fingerprint density at radius 3 is 3.00 bits per heavy atom. The van der Waals surface area contributed by atoms with Gasteiger partial charge in [0.1, 0.15) is 0 Å². The molecule has 0 bridgehead atoms. The summed E-state index contributed by atoms with van der Waals surface area (Å²) in [5.74, 6) is 0.817. The van der Waals surface area contributed by atoms with E-state index in [-0.39, 0.29) is 0 Å². The second-order valence-electron chi connectivity index (χ2n) is 4.21. The fraction of sp³-hybridized carbons (Fsp3) is 0.600. The maximum atomic E-state index is 5.81. The highest BCUT2D eigenvalue weighted by Gasteiger charge is 2.21. The topological polar surface area (TPSA) is 56.5 Å². The van der Waals surface area contributed by atoms with E-state index in [1.165, 1.54) is 37.0 Å². The molecule has 0 N–H and O–H groups in total. The van der Waals surface area contributed by atoms with E-state index in [0.717, 1.165) is 15.8 Å². The third kappa shape index (κ3) is 2.67. The Morgan fingerprint density at radius 2 is 2.28 bits per heavy atom. The summed E-state index contributed by atoms with van der Waals surface area (Å²) >= 11 is 8.96. The zero-order chi connectivity index (χ0) is 12.4. The van der Waals surface area contributed by atoms with Gasteiger partial charge in [0.2, 0.25) is 5.16 Å². The molecule has 2 aromatic rings. The van der Waals surface area contributed by atoms with Gasteiger partial charge >= 0.3 is 0 Å². The van der Waals surface area contributed by atoms with Crippen molar-refractivity contribution in [3.8, 4) is 0 Å². The van der Waals surface area contributed by atoms with Gasteiger partial charge in [-0.05, 0) is 23.3 Å². The molecule has 0 aromatic carbocycles. The summed E-state index contributed by atoms with van der Waals surface area (Å²) in [5, 5.41) is 12.9. The number of rotatable bonds is 4. The van der Waals surface area contributed by atoms with Gasteiger partial charge in [0.05, 0.1) is 6.04 Å². The summed E-state index contributed by atoms with van der Waals surface area (Å²) in [7, 11) is 0. The molecule has 0 radical (unpaired) electrons. The molecule has 0 unspecified atom stereocenters. The molecular weight excluding hydrogens is 290 g/mol. The molecule has 1 aliphatic rings. The van der Waals surface area contributed by atoms with E-state index in [1.54, 1.807) is 11.8 Å². The Balaban J connectivity index is 1.67. The lowest BCUT2D eigenvalue weighted by molar-refractivity contribution is 0.423. The van der Waals surface area contributed by atoms with Crippen molar-refractivity contribution in [2.24, 2.45) is 0 Å². The van der Waals surface area contributed by atoms with Crippen LogP contribution in [0.15, 0.2) is 11.4 Å². The summed E-state index contributed by atoms with van der Waals surface area (Å²) in [4.78, 5) is 5.17. The van der Waals surface area contributed by atoms with Gasteiger partial charge in [0.25, 0.3) is 0 Å². The smallest absolute Gasteiger partial charge is 0.209 e. The van der Waals surface area contributed by atoms with Crippen LogP contribution in [-0.4, -0.2) is 25.2 Å². The van der Waals surface area contributed by atoms with Crippen LogP contribution in [0, 0.1) is 0 Å². The summed E-state index contributed by atoms with van der Waals surface area (Å²) in [5.41, 5.74) is 0. The molecule has 1 saturated carbocycles.